The lowest BCUT2D eigenvalue weighted by molar-refractivity contribution is -0.384. The number of hydrogen-bond acceptors (Lipinski definition) is 5. The van der Waals surface area contributed by atoms with Crippen molar-refractivity contribution in [2.75, 3.05) is 4.72 Å². The molecule has 9 heteroatoms. The number of carboxylic acids is 1. The molecular weight excluding hydrogens is 324 g/mol. The fourth-order valence-electron chi connectivity index (χ4n) is 1.88. The van der Waals surface area contributed by atoms with E-state index in [1.807, 2.05) is 0 Å². The van der Waals surface area contributed by atoms with E-state index in [9.17, 15) is 23.3 Å². The molecule has 0 heterocycles. The van der Waals surface area contributed by atoms with E-state index in [-0.39, 0.29) is 22.5 Å². The Morgan fingerprint density at radius 1 is 1.17 bits per heavy atom. The molecular formula is C14H12N2O6S. The number of non-ortho nitro benzene ring substituents is 1. The third kappa shape index (κ3) is 4.51. The van der Waals surface area contributed by atoms with Crippen molar-refractivity contribution >= 4 is 27.4 Å². The van der Waals surface area contributed by atoms with Gasteiger partial charge in [-0.15, -0.1) is 0 Å². The number of benzene rings is 2. The molecule has 0 aliphatic heterocycles. The van der Waals surface area contributed by atoms with E-state index in [2.05, 4.69) is 4.72 Å². The van der Waals surface area contributed by atoms with Crippen LogP contribution in [0.2, 0.25) is 0 Å². The highest BCUT2D eigenvalue weighted by molar-refractivity contribution is 7.91. The Morgan fingerprint density at radius 3 is 2.39 bits per heavy atom. The molecule has 0 radical (unpaired) electrons. The van der Waals surface area contributed by atoms with Crippen LogP contribution < -0.4 is 4.72 Å². The summed E-state index contributed by atoms with van der Waals surface area (Å²) in [6.45, 7) is 0. The van der Waals surface area contributed by atoms with Gasteiger partial charge in [0.15, 0.2) is 0 Å². The van der Waals surface area contributed by atoms with E-state index in [0.29, 0.717) is 0 Å². The molecule has 0 unspecified atom stereocenters. The smallest absolute Gasteiger partial charge is 0.335 e. The second kappa shape index (κ2) is 6.44. The molecule has 120 valence electrons. The van der Waals surface area contributed by atoms with Crippen LogP contribution in [0, 0.1) is 10.1 Å². The predicted molar refractivity (Wildman–Crippen MR) is 82.7 cm³/mol. The minimum atomic E-state index is -3.78. The van der Waals surface area contributed by atoms with Crippen LogP contribution >= 0.6 is 0 Å². The summed E-state index contributed by atoms with van der Waals surface area (Å²) in [7, 11) is -3.78. The Kier molecular flexibility index (Phi) is 4.60. The number of sulfonamides is 1. The first-order valence-electron chi connectivity index (χ1n) is 6.34. The van der Waals surface area contributed by atoms with Crippen LogP contribution in [0.5, 0.6) is 0 Å². The van der Waals surface area contributed by atoms with Gasteiger partial charge in [0, 0.05) is 17.8 Å². The minimum absolute atomic E-state index is 0.0339. The normalized spacial score (nSPS) is 11.0. The fourth-order valence-corrected chi connectivity index (χ4v) is 3.06. The molecule has 0 aliphatic rings. The maximum Gasteiger partial charge on any atom is 0.335 e. The van der Waals surface area contributed by atoms with Gasteiger partial charge in [0.1, 0.15) is 0 Å². The number of nitrogens with zero attached hydrogens (tertiary/aromatic N) is 1. The van der Waals surface area contributed by atoms with E-state index in [0.717, 1.165) is 0 Å². The molecule has 23 heavy (non-hydrogen) atoms. The highest BCUT2D eigenvalue weighted by Gasteiger charge is 2.14. The third-order valence-corrected chi connectivity index (χ3v) is 4.14. The van der Waals surface area contributed by atoms with E-state index in [4.69, 9.17) is 5.11 Å². The fraction of sp³-hybridized carbons (Fsp3) is 0.0714. The van der Waals surface area contributed by atoms with E-state index < -0.39 is 26.7 Å². The first kappa shape index (κ1) is 16.4. The Morgan fingerprint density at radius 2 is 1.83 bits per heavy atom. The maximum absolute atomic E-state index is 12.1. The van der Waals surface area contributed by atoms with E-state index in [1.165, 1.54) is 48.5 Å². The van der Waals surface area contributed by atoms with Gasteiger partial charge in [0.25, 0.3) is 5.69 Å². The summed E-state index contributed by atoms with van der Waals surface area (Å²) in [5.41, 5.74) is 0.324. The lowest BCUT2D eigenvalue weighted by Crippen LogP contribution is -2.15. The SMILES string of the molecule is O=C(O)c1ccc(NS(=O)(=O)Cc2cccc([N+](=O)[O-])c2)cc1. The number of rotatable bonds is 6. The largest absolute Gasteiger partial charge is 0.478 e. The topological polar surface area (TPSA) is 127 Å². The van der Waals surface area contributed by atoms with Crippen LogP contribution in [0.3, 0.4) is 0 Å². The average molecular weight is 336 g/mol. The molecule has 0 saturated heterocycles. The zero-order valence-electron chi connectivity index (χ0n) is 11.7. The molecule has 0 aromatic heterocycles. The number of nitro benzene ring substituents is 1. The molecule has 2 rings (SSSR count). The number of carbonyl (C=O) groups is 1. The Balaban J connectivity index is 2.14. The number of anilines is 1. The van der Waals surface area contributed by atoms with Gasteiger partial charge in [-0.25, -0.2) is 13.2 Å². The van der Waals surface area contributed by atoms with Crippen molar-refractivity contribution < 1.29 is 23.2 Å². The average Bonchev–Trinajstić information content (AvgIpc) is 2.47. The molecule has 0 atom stereocenters. The summed E-state index contributed by atoms with van der Waals surface area (Å²) in [5, 5.41) is 19.5. The maximum atomic E-state index is 12.1. The van der Waals surface area contributed by atoms with Crippen LogP contribution in [-0.2, 0) is 15.8 Å². The number of aromatic carboxylic acids is 1. The zero-order chi connectivity index (χ0) is 17.0. The van der Waals surface area contributed by atoms with Crippen molar-refractivity contribution in [3.05, 3.63) is 69.8 Å². The van der Waals surface area contributed by atoms with Gasteiger partial charge in [-0.1, -0.05) is 12.1 Å². The third-order valence-electron chi connectivity index (χ3n) is 2.88. The van der Waals surface area contributed by atoms with Crippen molar-refractivity contribution in [3.8, 4) is 0 Å². The van der Waals surface area contributed by atoms with Crippen molar-refractivity contribution in [1.29, 1.82) is 0 Å². The molecule has 0 saturated carbocycles. The Bertz CT molecular complexity index is 846. The quantitative estimate of drug-likeness (QED) is 0.615. The first-order chi connectivity index (χ1) is 10.8. The molecule has 2 N–H and O–H groups in total. The summed E-state index contributed by atoms with van der Waals surface area (Å²) in [5.74, 6) is -1.55. The van der Waals surface area contributed by atoms with Crippen LogP contribution in [0.15, 0.2) is 48.5 Å². The second-order valence-electron chi connectivity index (χ2n) is 4.67. The van der Waals surface area contributed by atoms with Crippen molar-refractivity contribution in [1.82, 2.24) is 0 Å². The highest BCUT2D eigenvalue weighted by Crippen LogP contribution is 2.17. The Hall–Kier alpha value is -2.94. The van der Waals surface area contributed by atoms with Crippen molar-refractivity contribution in [2.24, 2.45) is 0 Å². The Labute approximate surface area is 131 Å². The van der Waals surface area contributed by atoms with Crippen molar-refractivity contribution in [3.63, 3.8) is 0 Å². The van der Waals surface area contributed by atoms with Gasteiger partial charge in [-0.3, -0.25) is 14.8 Å². The molecule has 2 aromatic rings. The van der Waals surface area contributed by atoms with Gasteiger partial charge >= 0.3 is 5.97 Å². The van der Waals surface area contributed by atoms with Gasteiger partial charge < -0.3 is 5.11 Å². The molecule has 0 spiro atoms. The molecule has 0 fully saturated rings. The predicted octanol–water partition coefficient (Wildman–Crippen LogP) is 2.23. The van der Waals surface area contributed by atoms with Crippen LogP contribution in [-0.4, -0.2) is 24.4 Å². The van der Waals surface area contributed by atoms with E-state index >= 15 is 0 Å². The van der Waals surface area contributed by atoms with Gasteiger partial charge in [0.05, 0.1) is 16.2 Å². The second-order valence-corrected chi connectivity index (χ2v) is 6.39. The zero-order valence-corrected chi connectivity index (χ0v) is 12.5. The number of nitrogens with one attached hydrogen (secondary N) is 1. The van der Waals surface area contributed by atoms with Crippen LogP contribution in [0.25, 0.3) is 0 Å². The van der Waals surface area contributed by atoms with Crippen LogP contribution in [0.4, 0.5) is 11.4 Å². The monoisotopic (exact) mass is 336 g/mol. The number of nitro groups is 1. The van der Waals surface area contributed by atoms with E-state index in [1.54, 1.807) is 0 Å². The molecule has 8 nitrogen and oxygen atoms in total. The minimum Gasteiger partial charge on any atom is -0.478 e. The summed E-state index contributed by atoms with van der Waals surface area (Å²) in [6.07, 6.45) is 0. The molecule has 0 bridgehead atoms. The van der Waals surface area contributed by atoms with Gasteiger partial charge in [0.2, 0.25) is 10.0 Å². The van der Waals surface area contributed by atoms with Gasteiger partial charge in [-0.2, -0.15) is 0 Å². The lowest BCUT2D eigenvalue weighted by atomic mass is 10.2. The van der Waals surface area contributed by atoms with Gasteiger partial charge in [-0.05, 0) is 29.8 Å². The first-order valence-corrected chi connectivity index (χ1v) is 7.99. The number of carboxylic acid groups (broad SMARTS) is 1. The van der Waals surface area contributed by atoms with Crippen molar-refractivity contribution in [2.45, 2.75) is 5.75 Å². The summed E-state index contributed by atoms with van der Waals surface area (Å²) >= 11 is 0. The molecule has 0 aliphatic carbocycles. The standard InChI is InChI=1S/C14H12N2O6S/c17-14(18)11-4-6-12(7-5-11)15-23(21,22)9-10-2-1-3-13(8-10)16(19)20/h1-8,15H,9H2,(H,17,18). The summed E-state index contributed by atoms with van der Waals surface area (Å²) in [6, 6.07) is 10.5. The lowest BCUT2D eigenvalue weighted by Gasteiger charge is -2.08. The summed E-state index contributed by atoms with van der Waals surface area (Å²) in [4.78, 5) is 20.8. The molecule has 0 amide bonds. The summed E-state index contributed by atoms with van der Waals surface area (Å²) < 4.78 is 26.4. The highest BCUT2D eigenvalue weighted by atomic mass is 32.2. The van der Waals surface area contributed by atoms with Crippen LogP contribution in [0.1, 0.15) is 15.9 Å². The molecule has 2 aromatic carbocycles. The number of hydrogen-bond donors (Lipinski definition) is 2.